The topological polar surface area (TPSA) is 94.3 Å². The van der Waals surface area contributed by atoms with Crippen LogP contribution < -0.4 is 15.8 Å². The summed E-state index contributed by atoms with van der Waals surface area (Å²) in [6.45, 7) is 3.62. The number of thiophene rings is 1. The molecule has 31 heavy (non-hydrogen) atoms. The Morgan fingerprint density at radius 2 is 1.71 bits per heavy atom. The number of carbonyl (C=O) groups is 2. The lowest BCUT2D eigenvalue weighted by molar-refractivity contribution is 0.102. The molecule has 0 aliphatic rings. The third-order valence-electron chi connectivity index (χ3n) is 5.12. The number of fused-ring (bicyclic) bond motifs is 1. The SMILES string of the molecule is COc1ccc(C(=O)c2sc3nc(C)c(C(=O)Nc4ccccc4)c(C)c3c2N)cc1. The van der Waals surface area contributed by atoms with Crippen molar-refractivity contribution in [3.05, 3.63) is 81.9 Å². The second-order valence-corrected chi connectivity index (χ2v) is 8.10. The number of hydrogen-bond donors (Lipinski definition) is 2. The number of carbonyl (C=O) groups excluding carboxylic acids is 2. The fourth-order valence-corrected chi connectivity index (χ4v) is 4.73. The monoisotopic (exact) mass is 431 g/mol. The molecule has 0 unspecified atom stereocenters. The van der Waals surface area contributed by atoms with Crippen molar-refractivity contribution in [3.8, 4) is 5.75 Å². The van der Waals surface area contributed by atoms with Crippen LogP contribution in [0.15, 0.2) is 54.6 Å². The number of benzene rings is 2. The van der Waals surface area contributed by atoms with Gasteiger partial charge in [0.05, 0.1) is 24.1 Å². The first-order valence-electron chi connectivity index (χ1n) is 9.65. The molecule has 0 aliphatic heterocycles. The van der Waals surface area contributed by atoms with Gasteiger partial charge >= 0.3 is 0 Å². The minimum atomic E-state index is -0.260. The molecule has 0 bridgehead atoms. The zero-order valence-electron chi connectivity index (χ0n) is 17.4. The van der Waals surface area contributed by atoms with Gasteiger partial charge in [-0.2, -0.15) is 0 Å². The molecule has 2 heterocycles. The normalized spacial score (nSPS) is 10.8. The minimum Gasteiger partial charge on any atom is -0.497 e. The highest BCUT2D eigenvalue weighted by molar-refractivity contribution is 7.21. The van der Waals surface area contributed by atoms with Crippen LogP contribution in [-0.4, -0.2) is 23.8 Å². The number of rotatable bonds is 5. The number of nitrogens with zero attached hydrogens (tertiary/aromatic N) is 1. The average Bonchev–Trinajstić information content (AvgIpc) is 3.10. The number of nitrogen functional groups attached to an aromatic ring is 1. The van der Waals surface area contributed by atoms with Gasteiger partial charge in [0, 0.05) is 16.6 Å². The lowest BCUT2D eigenvalue weighted by Gasteiger charge is -2.11. The number of aromatic nitrogens is 1. The Labute approximate surface area is 183 Å². The zero-order valence-corrected chi connectivity index (χ0v) is 18.2. The van der Waals surface area contributed by atoms with Gasteiger partial charge in [0.25, 0.3) is 5.91 Å². The van der Waals surface area contributed by atoms with Crippen molar-refractivity contribution in [2.45, 2.75) is 13.8 Å². The summed E-state index contributed by atoms with van der Waals surface area (Å²) in [5.74, 6) is 0.225. The molecule has 2 aromatic carbocycles. The van der Waals surface area contributed by atoms with Crippen LogP contribution in [0.5, 0.6) is 5.75 Å². The maximum absolute atomic E-state index is 13.1. The summed E-state index contributed by atoms with van der Waals surface area (Å²) >= 11 is 1.24. The molecule has 0 spiro atoms. The zero-order chi connectivity index (χ0) is 22.1. The van der Waals surface area contributed by atoms with Crippen molar-refractivity contribution in [2.24, 2.45) is 0 Å². The molecule has 156 valence electrons. The van der Waals surface area contributed by atoms with Crippen molar-refractivity contribution in [1.29, 1.82) is 0 Å². The molecule has 0 radical (unpaired) electrons. The van der Waals surface area contributed by atoms with Crippen LogP contribution in [0.1, 0.15) is 36.9 Å². The van der Waals surface area contributed by atoms with Crippen molar-refractivity contribution < 1.29 is 14.3 Å². The molecule has 3 N–H and O–H groups in total. The second kappa shape index (κ2) is 8.20. The average molecular weight is 432 g/mol. The van der Waals surface area contributed by atoms with E-state index in [1.807, 2.05) is 37.3 Å². The molecule has 0 saturated carbocycles. The number of pyridine rings is 1. The van der Waals surface area contributed by atoms with E-state index in [9.17, 15) is 9.59 Å². The Morgan fingerprint density at radius 1 is 1.03 bits per heavy atom. The molecular formula is C24H21N3O3S. The van der Waals surface area contributed by atoms with Gasteiger partial charge in [-0.3, -0.25) is 9.59 Å². The number of nitrogens with one attached hydrogen (secondary N) is 1. The number of ketones is 1. The van der Waals surface area contributed by atoms with Crippen molar-refractivity contribution in [2.75, 3.05) is 18.2 Å². The highest BCUT2D eigenvalue weighted by atomic mass is 32.1. The smallest absolute Gasteiger partial charge is 0.257 e. The van der Waals surface area contributed by atoms with Gasteiger partial charge in [-0.15, -0.1) is 11.3 Å². The Bertz CT molecular complexity index is 1300. The van der Waals surface area contributed by atoms with E-state index < -0.39 is 0 Å². The van der Waals surface area contributed by atoms with E-state index >= 15 is 0 Å². The predicted molar refractivity (Wildman–Crippen MR) is 124 cm³/mol. The number of ether oxygens (including phenoxy) is 1. The predicted octanol–water partition coefficient (Wildman–Crippen LogP) is 4.99. The van der Waals surface area contributed by atoms with Crippen LogP contribution in [0.25, 0.3) is 10.2 Å². The van der Waals surface area contributed by atoms with Crippen LogP contribution in [0, 0.1) is 13.8 Å². The van der Waals surface area contributed by atoms with Crippen LogP contribution in [-0.2, 0) is 0 Å². The van der Waals surface area contributed by atoms with Gasteiger partial charge in [0.2, 0.25) is 5.78 Å². The largest absolute Gasteiger partial charge is 0.497 e. The molecule has 4 aromatic rings. The number of aryl methyl sites for hydroxylation is 2. The van der Waals surface area contributed by atoms with Gasteiger partial charge in [0.15, 0.2) is 0 Å². The van der Waals surface area contributed by atoms with E-state index in [4.69, 9.17) is 10.5 Å². The third kappa shape index (κ3) is 3.75. The van der Waals surface area contributed by atoms with Gasteiger partial charge in [0.1, 0.15) is 15.5 Å². The number of amides is 1. The van der Waals surface area contributed by atoms with E-state index in [0.717, 1.165) is 0 Å². The van der Waals surface area contributed by atoms with Crippen LogP contribution in [0.2, 0.25) is 0 Å². The van der Waals surface area contributed by atoms with Gasteiger partial charge in [-0.25, -0.2) is 4.98 Å². The van der Waals surface area contributed by atoms with E-state index in [-0.39, 0.29) is 11.7 Å². The van der Waals surface area contributed by atoms with Crippen molar-refractivity contribution in [3.63, 3.8) is 0 Å². The van der Waals surface area contributed by atoms with Crippen LogP contribution in [0.4, 0.5) is 11.4 Å². The molecular weight excluding hydrogens is 410 g/mol. The highest BCUT2D eigenvalue weighted by Gasteiger charge is 2.24. The van der Waals surface area contributed by atoms with Gasteiger partial charge in [-0.1, -0.05) is 18.2 Å². The number of para-hydroxylation sites is 1. The van der Waals surface area contributed by atoms with Crippen molar-refractivity contribution in [1.82, 2.24) is 4.98 Å². The summed E-state index contributed by atoms with van der Waals surface area (Å²) in [4.78, 5) is 31.7. The fraction of sp³-hybridized carbons (Fsp3) is 0.125. The van der Waals surface area contributed by atoms with Crippen LogP contribution >= 0.6 is 11.3 Å². The first-order valence-corrected chi connectivity index (χ1v) is 10.5. The van der Waals surface area contributed by atoms with E-state index in [0.29, 0.717) is 54.6 Å². The lowest BCUT2D eigenvalue weighted by Crippen LogP contribution is -2.16. The summed E-state index contributed by atoms with van der Waals surface area (Å²) in [7, 11) is 1.57. The molecule has 0 saturated heterocycles. The van der Waals surface area contributed by atoms with E-state index in [2.05, 4.69) is 10.3 Å². The standard InChI is InChI=1S/C24H21N3O3S/c1-13-18(23(29)27-16-7-5-4-6-8-16)14(2)26-24-19(13)20(25)22(31-24)21(28)15-9-11-17(30-3)12-10-15/h4-12H,25H2,1-3H3,(H,27,29). The first-order chi connectivity index (χ1) is 14.9. The van der Waals surface area contributed by atoms with Crippen molar-refractivity contribution >= 4 is 44.6 Å². The number of anilines is 2. The Balaban J connectivity index is 1.76. The lowest BCUT2D eigenvalue weighted by atomic mass is 10.0. The van der Waals surface area contributed by atoms with Gasteiger partial charge < -0.3 is 15.8 Å². The fourth-order valence-electron chi connectivity index (χ4n) is 3.57. The molecule has 0 fully saturated rings. The Morgan fingerprint density at radius 3 is 2.35 bits per heavy atom. The molecule has 6 nitrogen and oxygen atoms in total. The third-order valence-corrected chi connectivity index (χ3v) is 6.22. The maximum atomic E-state index is 13.1. The minimum absolute atomic E-state index is 0.185. The molecule has 2 aromatic heterocycles. The number of nitrogens with two attached hydrogens (primary N) is 1. The molecule has 7 heteroatoms. The summed E-state index contributed by atoms with van der Waals surface area (Å²) in [6, 6.07) is 16.1. The van der Waals surface area contributed by atoms with Gasteiger partial charge in [-0.05, 0) is 55.8 Å². The quantitative estimate of drug-likeness (QED) is 0.434. The molecule has 1 amide bonds. The summed E-state index contributed by atoms with van der Waals surface area (Å²) < 4.78 is 5.15. The first kappa shape index (κ1) is 20.6. The molecule has 0 atom stereocenters. The Hall–Kier alpha value is -3.71. The summed E-state index contributed by atoms with van der Waals surface area (Å²) in [5.41, 5.74) is 9.71. The number of methoxy groups -OCH3 is 1. The summed E-state index contributed by atoms with van der Waals surface area (Å²) in [6.07, 6.45) is 0. The van der Waals surface area contributed by atoms with E-state index in [1.54, 1.807) is 38.3 Å². The highest BCUT2D eigenvalue weighted by Crippen LogP contribution is 2.38. The molecule has 4 rings (SSSR count). The van der Waals surface area contributed by atoms with E-state index in [1.165, 1.54) is 11.3 Å². The summed E-state index contributed by atoms with van der Waals surface area (Å²) in [5, 5.41) is 3.54. The van der Waals surface area contributed by atoms with Crippen LogP contribution in [0.3, 0.4) is 0 Å². The second-order valence-electron chi connectivity index (χ2n) is 7.10. The number of hydrogen-bond acceptors (Lipinski definition) is 6. The Kier molecular flexibility index (Phi) is 5.44. The molecule has 0 aliphatic carbocycles. The maximum Gasteiger partial charge on any atom is 0.257 e.